The second kappa shape index (κ2) is 4.44. The molecular weight excluding hydrogens is 230 g/mol. The number of aromatic nitrogens is 3. The molecule has 2 aliphatic rings. The number of hydrogen-bond donors (Lipinski definition) is 2. The maximum Gasteiger partial charge on any atom is 0.243 e. The highest BCUT2D eigenvalue weighted by Gasteiger charge is 2.50. The monoisotopic (exact) mass is 249 g/mol. The third-order valence-corrected chi connectivity index (χ3v) is 4.06. The van der Waals surface area contributed by atoms with Gasteiger partial charge < -0.3 is 15.8 Å². The van der Waals surface area contributed by atoms with Crippen LogP contribution in [-0.4, -0.2) is 40.0 Å². The van der Waals surface area contributed by atoms with Crippen LogP contribution in [0.3, 0.4) is 0 Å². The lowest BCUT2D eigenvalue weighted by atomic mass is 9.69. The van der Waals surface area contributed by atoms with Gasteiger partial charge in [-0.25, -0.2) is 4.98 Å². The Morgan fingerprint density at radius 3 is 2.89 bits per heavy atom. The van der Waals surface area contributed by atoms with E-state index in [-0.39, 0.29) is 18.2 Å². The van der Waals surface area contributed by atoms with Gasteiger partial charge in [-0.3, -0.25) is 0 Å². The topological polar surface area (TPSA) is 86.0 Å². The number of nitrogens with zero attached hydrogens (tertiary/aromatic N) is 3. The number of hydrogen-bond acceptors (Lipinski definition) is 6. The number of rotatable bonds is 2. The summed E-state index contributed by atoms with van der Waals surface area (Å²) in [5.74, 6) is 1.03. The van der Waals surface area contributed by atoms with Crippen molar-refractivity contribution in [3.63, 3.8) is 0 Å². The standard InChI is InChI=1S/C12H19N5O/c1-6-7(2)16-17-12(14-6)15-10-9(13)8-4-3-5-18-11(8)10/h8-11H,3-5,13H2,1-2H3,(H,14,15,17). The Kier molecular flexibility index (Phi) is 2.91. The third-order valence-electron chi connectivity index (χ3n) is 4.06. The molecule has 98 valence electrons. The number of anilines is 1. The Hall–Kier alpha value is -1.27. The molecule has 1 aliphatic carbocycles. The molecule has 1 saturated carbocycles. The zero-order valence-electron chi connectivity index (χ0n) is 10.8. The number of fused-ring (bicyclic) bond motifs is 1. The molecule has 0 amide bonds. The molecule has 0 aromatic carbocycles. The van der Waals surface area contributed by atoms with Gasteiger partial charge in [0.25, 0.3) is 0 Å². The first-order valence-electron chi connectivity index (χ1n) is 6.48. The smallest absolute Gasteiger partial charge is 0.243 e. The van der Waals surface area contributed by atoms with Crippen LogP contribution in [0.2, 0.25) is 0 Å². The molecule has 6 heteroatoms. The minimum atomic E-state index is 0.110. The highest BCUT2D eigenvalue weighted by atomic mass is 16.5. The largest absolute Gasteiger partial charge is 0.376 e. The highest BCUT2D eigenvalue weighted by molar-refractivity contribution is 5.31. The Morgan fingerprint density at radius 2 is 2.11 bits per heavy atom. The summed E-state index contributed by atoms with van der Waals surface area (Å²) < 4.78 is 5.77. The number of nitrogens with one attached hydrogen (secondary N) is 1. The van der Waals surface area contributed by atoms with E-state index in [9.17, 15) is 0 Å². The van der Waals surface area contributed by atoms with Gasteiger partial charge in [-0.1, -0.05) is 0 Å². The molecule has 0 radical (unpaired) electrons. The molecule has 0 spiro atoms. The van der Waals surface area contributed by atoms with Crippen molar-refractivity contribution in [1.29, 1.82) is 0 Å². The van der Waals surface area contributed by atoms with Crippen LogP contribution in [0.15, 0.2) is 0 Å². The van der Waals surface area contributed by atoms with E-state index in [0.717, 1.165) is 30.8 Å². The summed E-state index contributed by atoms with van der Waals surface area (Å²) in [7, 11) is 0. The maximum absolute atomic E-state index is 6.17. The van der Waals surface area contributed by atoms with Gasteiger partial charge in [0.1, 0.15) is 0 Å². The van der Waals surface area contributed by atoms with E-state index >= 15 is 0 Å². The van der Waals surface area contributed by atoms with Crippen LogP contribution in [-0.2, 0) is 4.74 Å². The van der Waals surface area contributed by atoms with Crippen LogP contribution in [0.5, 0.6) is 0 Å². The minimum absolute atomic E-state index is 0.110. The molecule has 0 bridgehead atoms. The fourth-order valence-corrected chi connectivity index (χ4v) is 2.79. The van der Waals surface area contributed by atoms with Crippen LogP contribution < -0.4 is 11.1 Å². The first-order valence-corrected chi connectivity index (χ1v) is 6.48. The van der Waals surface area contributed by atoms with Crippen molar-refractivity contribution in [1.82, 2.24) is 15.2 Å². The van der Waals surface area contributed by atoms with E-state index in [1.165, 1.54) is 0 Å². The van der Waals surface area contributed by atoms with Crippen molar-refractivity contribution < 1.29 is 4.74 Å². The third kappa shape index (κ3) is 1.85. The van der Waals surface area contributed by atoms with Crippen molar-refractivity contribution in [2.45, 2.75) is 44.9 Å². The molecule has 2 fully saturated rings. The van der Waals surface area contributed by atoms with Gasteiger partial charge in [0.15, 0.2) is 0 Å². The average molecular weight is 249 g/mol. The molecule has 6 nitrogen and oxygen atoms in total. The quantitative estimate of drug-likeness (QED) is 0.789. The van der Waals surface area contributed by atoms with E-state index in [4.69, 9.17) is 10.5 Å². The SMILES string of the molecule is Cc1nnc(NC2C(N)C3CCCOC32)nc1C. The maximum atomic E-state index is 6.17. The normalized spacial score (nSPS) is 34.6. The minimum Gasteiger partial charge on any atom is -0.376 e. The van der Waals surface area contributed by atoms with Crippen LogP contribution >= 0.6 is 0 Å². The zero-order chi connectivity index (χ0) is 12.7. The van der Waals surface area contributed by atoms with Gasteiger partial charge in [0.05, 0.1) is 23.5 Å². The summed E-state index contributed by atoms with van der Waals surface area (Å²) >= 11 is 0. The first-order chi connectivity index (χ1) is 8.66. The Balaban J connectivity index is 1.71. The van der Waals surface area contributed by atoms with E-state index in [2.05, 4.69) is 20.5 Å². The van der Waals surface area contributed by atoms with Crippen molar-refractivity contribution >= 4 is 5.95 Å². The van der Waals surface area contributed by atoms with Crippen LogP contribution in [0.4, 0.5) is 5.95 Å². The molecule has 1 aromatic heterocycles. The number of nitrogens with two attached hydrogens (primary N) is 1. The summed E-state index contributed by atoms with van der Waals surface area (Å²) in [6, 6.07) is 0.236. The molecule has 4 atom stereocenters. The summed E-state index contributed by atoms with van der Waals surface area (Å²) in [5, 5.41) is 11.4. The zero-order valence-corrected chi connectivity index (χ0v) is 10.8. The lowest BCUT2D eigenvalue weighted by Crippen LogP contribution is -2.69. The number of ether oxygens (including phenoxy) is 1. The Labute approximate surface area is 106 Å². The predicted octanol–water partition coefficient (Wildman–Crippen LogP) is 0.405. The molecular formula is C12H19N5O. The van der Waals surface area contributed by atoms with Crippen LogP contribution in [0.25, 0.3) is 0 Å². The lowest BCUT2D eigenvalue weighted by molar-refractivity contribution is -0.104. The number of aryl methyl sites for hydroxylation is 2. The van der Waals surface area contributed by atoms with Gasteiger partial charge in [0, 0.05) is 18.6 Å². The van der Waals surface area contributed by atoms with Crippen molar-refractivity contribution in [3.8, 4) is 0 Å². The summed E-state index contributed by atoms with van der Waals surface area (Å²) in [6.07, 6.45) is 2.48. The first kappa shape index (κ1) is 11.8. The van der Waals surface area contributed by atoms with E-state index in [1.54, 1.807) is 0 Å². The molecule has 3 rings (SSSR count). The van der Waals surface area contributed by atoms with E-state index in [1.807, 2.05) is 13.8 Å². The second-order valence-electron chi connectivity index (χ2n) is 5.20. The molecule has 1 aromatic rings. The molecule has 1 aliphatic heterocycles. The highest BCUT2D eigenvalue weighted by Crippen LogP contribution is 2.38. The molecule has 1 saturated heterocycles. The fraction of sp³-hybridized carbons (Fsp3) is 0.750. The second-order valence-corrected chi connectivity index (χ2v) is 5.20. The summed E-state index contributed by atoms with van der Waals surface area (Å²) in [6.45, 7) is 4.66. The van der Waals surface area contributed by atoms with Crippen molar-refractivity contribution in [3.05, 3.63) is 11.4 Å². The van der Waals surface area contributed by atoms with Gasteiger partial charge in [-0.2, -0.15) is 5.10 Å². The van der Waals surface area contributed by atoms with Gasteiger partial charge >= 0.3 is 0 Å². The lowest BCUT2D eigenvalue weighted by Gasteiger charge is -2.52. The Morgan fingerprint density at radius 1 is 1.28 bits per heavy atom. The van der Waals surface area contributed by atoms with Crippen LogP contribution in [0.1, 0.15) is 24.2 Å². The van der Waals surface area contributed by atoms with E-state index < -0.39 is 0 Å². The van der Waals surface area contributed by atoms with Gasteiger partial charge in [-0.15, -0.1) is 5.10 Å². The Bertz CT molecular complexity index is 452. The molecule has 4 unspecified atom stereocenters. The fourth-order valence-electron chi connectivity index (χ4n) is 2.79. The summed E-state index contributed by atoms with van der Waals surface area (Å²) in [5.41, 5.74) is 7.92. The van der Waals surface area contributed by atoms with Gasteiger partial charge in [-0.05, 0) is 26.7 Å². The molecule has 2 heterocycles. The van der Waals surface area contributed by atoms with Crippen molar-refractivity contribution in [2.24, 2.45) is 11.7 Å². The van der Waals surface area contributed by atoms with Crippen LogP contribution in [0, 0.1) is 19.8 Å². The summed E-state index contributed by atoms with van der Waals surface area (Å²) in [4.78, 5) is 4.37. The van der Waals surface area contributed by atoms with Crippen molar-refractivity contribution in [2.75, 3.05) is 11.9 Å². The average Bonchev–Trinajstić information content (AvgIpc) is 2.39. The molecule has 18 heavy (non-hydrogen) atoms. The van der Waals surface area contributed by atoms with E-state index in [0.29, 0.717) is 11.9 Å². The van der Waals surface area contributed by atoms with Gasteiger partial charge in [0.2, 0.25) is 5.95 Å². The molecule has 3 N–H and O–H groups in total. The predicted molar refractivity (Wildman–Crippen MR) is 67.2 cm³/mol.